The molecule has 0 aliphatic rings. The number of nitrogens with zero attached hydrogens (tertiary/aromatic N) is 2. The van der Waals surface area contributed by atoms with Gasteiger partial charge in [-0.2, -0.15) is 0 Å². The molecule has 2 N–H and O–H groups in total. The van der Waals surface area contributed by atoms with E-state index < -0.39 is 0 Å². The third-order valence-electron chi connectivity index (χ3n) is 3.37. The van der Waals surface area contributed by atoms with Crippen molar-refractivity contribution in [1.29, 1.82) is 0 Å². The predicted molar refractivity (Wildman–Crippen MR) is 87.6 cm³/mol. The average Bonchev–Trinajstić information content (AvgIpc) is 2.99. The van der Waals surface area contributed by atoms with Gasteiger partial charge in [0.15, 0.2) is 0 Å². The molecule has 0 radical (unpaired) electrons. The largest absolute Gasteiger partial charge is 0.494 e. The number of benzene rings is 1. The zero-order valence-corrected chi connectivity index (χ0v) is 13.5. The second kappa shape index (κ2) is 8.12. The molecule has 0 fully saturated rings. The maximum atomic E-state index is 5.98. The zero-order valence-electron chi connectivity index (χ0n) is 12.7. The van der Waals surface area contributed by atoms with E-state index in [-0.39, 0.29) is 6.04 Å². The minimum atomic E-state index is 0.164. The standard InChI is InChI=1S/C16H23N3OS/c1-3-7-20-15-6-4-5-13(8-15)16(9-17)19(2)10-14-11-21-12-18-14/h4-6,8,11-12,16H,3,7,9-10,17H2,1-2H3. The molecule has 0 amide bonds. The van der Waals surface area contributed by atoms with E-state index in [1.807, 2.05) is 17.6 Å². The Hall–Kier alpha value is -1.43. The lowest BCUT2D eigenvalue weighted by atomic mass is 10.1. The Balaban J connectivity index is 2.08. The van der Waals surface area contributed by atoms with Crippen molar-refractivity contribution in [3.63, 3.8) is 0 Å². The fourth-order valence-corrected chi connectivity index (χ4v) is 2.83. The molecule has 0 saturated carbocycles. The minimum Gasteiger partial charge on any atom is -0.494 e. The van der Waals surface area contributed by atoms with Crippen LogP contribution in [0.5, 0.6) is 5.75 Å². The summed E-state index contributed by atoms with van der Waals surface area (Å²) in [4.78, 5) is 6.57. The Morgan fingerprint density at radius 3 is 2.95 bits per heavy atom. The number of hydrogen-bond donors (Lipinski definition) is 1. The number of nitrogens with two attached hydrogens (primary N) is 1. The zero-order chi connectivity index (χ0) is 15.1. The van der Waals surface area contributed by atoms with Crippen molar-refractivity contribution in [2.24, 2.45) is 5.73 Å². The van der Waals surface area contributed by atoms with Crippen molar-refractivity contribution >= 4 is 11.3 Å². The highest BCUT2D eigenvalue weighted by molar-refractivity contribution is 7.07. The maximum Gasteiger partial charge on any atom is 0.119 e. The second-order valence-electron chi connectivity index (χ2n) is 5.07. The quantitative estimate of drug-likeness (QED) is 0.814. The second-order valence-corrected chi connectivity index (χ2v) is 5.79. The molecule has 4 nitrogen and oxygen atoms in total. The molecule has 1 unspecified atom stereocenters. The van der Waals surface area contributed by atoms with Crippen LogP contribution in [0.4, 0.5) is 0 Å². The highest BCUT2D eigenvalue weighted by Crippen LogP contribution is 2.24. The van der Waals surface area contributed by atoms with E-state index in [0.717, 1.165) is 31.0 Å². The van der Waals surface area contributed by atoms with Gasteiger partial charge in [-0.25, -0.2) is 4.98 Å². The number of thiazole rings is 1. The molecule has 0 spiro atoms. The third-order valence-corrected chi connectivity index (χ3v) is 4.00. The fraction of sp³-hybridized carbons (Fsp3) is 0.438. The van der Waals surface area contributed by atoms with Crippen molar-refractivity contribution in [2.45, 2.75) is 25.9 Å². The van der Waals surface area contributed by atoms with Crippen molar-refractivity contribution < 1.29 is 4.74 Å². The average molecular weight is 305 g/mol. The van der Waals surface area contributed by atoms with E-state index in [1.54, 1.807) is 11.3 Å². The van der Waals surface area contributed by atoms with E-state index in [0.29, 0.717) is 6.54 Å². The molecule has 0 bridgehead atoms. The van der Waals surface area contributed by atoms with E-state index in [4.69, 9.17) is 10.5 Å². The molecule has 1 atom stereocenters. The van der Waals surface area contributed by atoms with Gasteiger partial charge in [0.05, 0.1) is 17.8 Å². The Bertz CT molecular complexity index is 530. The van der Waals surface area contributed by atoms with Crippen LogP contribution < -0.4 is 10.5 Å². The van der Waals surface area contributed by atoms with E-state index in [2.05, 4.69) is 41.4 Å². The molecule has 1 heterocycles. The molecule has 5 heteroatoms. The van der Waals surface area contributed by atoms with Crippen LogP contribution in [0.1, 0.15) is 30.6 Å². The summed E-state index contributed by atoms with van der Waals surface area (Å²) < 4.78 is 5.71. The smallest absolute Gasteiger partial charge is 0.119 e. The van der Waals surface area contributed by atoms with E-state index >= 15 is 0 Å². The summed E-state index contributed by atoms with van der Waals surface area (Å²) in [6.07, 6.45) is 1.01. The molecule has 2 rings (SSSR count). The van der Waals surface area contributed by atoms with Gasteiger partial charge < -0.3 is 10.5 Å². The Morgan fingerprint density at radius 1 is 1.43 bits per heavy atom. The van der Waals surface area contributed by atoms with Gasteiger partial charge in [0.1, 0.15) is 5.75 Å². The van der Waals surface area contributed by atoms with Gasteiger partial charge in [0.2, 0.25) is 0 Å². The molecule has 0 saturated heterocycles. The van der Waals surface area contributed by atoms with Crippen molar-refractivity contribution in [3.05, 3.63) is 46.4 Å². The van der Waals surface area contributed by atoms with Crippen LogP contribution in [0.2, 0.25) is 0 Å². The van der Waals surface area contributed by atoms with Crippen LogP contribution in [0, 0.1) is 0 Å². The first kappa shape index (κ1) is 15.9. The van der Waals surface area contributed by atoms with Crippen LogP contribution in [-0.4, -0.2) is 30.1 Å². The van der Waals surface area contributed by atoms with Crippen LogP contribution >= 0.6 is 11.3 Å². The number of likely N-dealkylation sites (N-methyl/N-ethyl adjacent to an activating group) is 1. The topological polar surface area (TPSA) is 51.4 Å². The summed E-state index contributed by atoms with van der Waals surface area (Å²) in [5, 5.41) is 2.07. The maximum absolute atomic E-state index is 5.98. The Morgan fingerprint density at radius 2 is 2.29 bits per heavy atom. The van der Waals surface area contributed by atoms with Gasteiger partial charge in [-0.1, -0.05) is 19.1 Å². The molecule has 114 valence electrons. The number of ether oxygens (including phenoxy) is 1. The van der Waals surface area contributed by atoms with Gasteiger partial charge in [0, 0.05) is 24.5 Å². The molecular formula is C16H23N3OS. The van der Waals surface area contributed by atoms with Crippen molar-refractivity contribution in [2.75, 3.05) is 20.2 Å². The molecular weight excluding hydrogens is 282 g/mol. The van der Waals surface area contributed by atoms with E-state index in [9.17, 15) is 0 Å². The lowest BCUT2D eigenvalue weighted by molar-refractivity contribution is 0.238. The molecule has 1 aromatic carbocycles. The summed E-state index contributed by atoms with van der Waals surface area (Å²) in [5.74, 6) is 0.912. The molecule has 0 aliphatic heterocycles. The van der Waals surface area contributed by atoms with Crippen LogP contribution in [0.3, 0.4) is 0 Å². The third kappa shape index (κ3) is 4.52. The van der Waals surface area contributed by atoms with Crippen molar-refractivity contribution in [3.8, 4) is 5.75 Å². The first-order valence-electron chi connectivity index (χ1n) is 7.24. The highest BCUT2D eigenvalue weighted by atomic mass is 32.1. The number of aromatic nitrogens is 1. The monoisotopic (exact) mass is 305 g/mol. The molecule has 2 aromatic rings. The molecule has 21 heavy (non-hydrogen) atoms. The van der Waals surface area contributed by atoms with Crippen LogP contribution in [0.15, 0.2) is 35.2 Å². The van der Waals surface area contributed by atoms with Crippen molar-refractivity contribution in [1.82, 2.24) is 9.88 Å². The number of rotatable bonds is 8. The van der Waals surface area contributed by atoms with Gasteiger partial charge in [0.25, 0.3) is 0 Å². The Kier molecular flexibility index (Phi) is 6.17. The first-order chi connectivity index (χ1) is 10.2. The normalized spacial score (nSPS) is 12.6. The van der Waals surface area contributed by atoms with Gasteiger partial charge in [-0.3, -0.25) is 4.90 Å². The fourth-order valence-electron chi connectivity index (χ4n) is 2.28. The Labute approximate surface area is 130 Å². The first-order valence-corrected chi connectivity index (χ1v) is 8.19. The van der Waals surface area contributed by atoms with Gasteiger partial charge in [-0.15, -0.1) is 11.3 Å². The summed E-state index contributed by atoms with van der Waals surface area (Å²) >= 11 is 1.62. The van der Waals surface area contributed by atoms with Gasteiger partial charge >= 0.3 is 0 Å². The minimum absolute atomic E-state index is 0.164. The van der Waals surface area contributed by atoms with Gasteiger partial charge in [-0.05, 0) is 31.2 Å². The van der Waals surface area contributed by atoms with Crippen LogP contribution in [0.25, 0.3) is 0 Å². The lowest BCUT2D eigenvalue weighted by Crippen LogP contribution is -2.30. The molecule has 1 aromatic heterocycles. The summed E-state index contributed by atoms with van der Waals surface area (Å²) in [6.45, 7) is 4.21. The lowest BCUT2D eigenvalue weighted by Gasteiger charge is -2.27. The van der Waals surface area contributed by atoms with Crippen LogP contribution in [-0.2, 0) is 6.54 Å². The predicted octanol–water partition coefficient (Wildman–Crippen LogP) is 3.06. The van der Waals surface area contributed by atoms with E-state index in [1.165, 1.54) is 5.56 Å². The summed E-state index contributed by atoms with van der Waals surface area (Å²) in [7, 11) is 2.08. The summed E-state index contributed by atoms with van der Waals surface area (Å²) in [6, 6.07) is 8.38. The highest BCUT2D eigenvalue weighted by Gasteiger charge is 2.17. The number of hydrogen-bond acceptors (Lipinski definition) is 5. The SMILES string of the molecule is CCCOc1cccc(C(CN)N(C)Cc2cscn2)c1. The summed E-state index contributed by atoms with van der Waals surface area (Å²) in [5.41, 5.74) is 10.1. The molecule has 0 aliphatic carbocycles.